The van der Waals surface area contributed by atoms with Gasteiger partial charge in [-0.05, 0) is 17.7 Å². The third-order valence-corrected chi connectivity index (χ3v) is 2.36. The van der Waals surface area contributed by atoms with Crippen LogP contribution in [-0.2, 0) is 6.54 Å². The molecule has 1 aromatic heterocycles. The summed E-state index contributed by atoms with van der Waals surface area (Å²) in [5.41, 5.74) is 1.24. The van der Waals surface area contributed by atoms with Gasteiger partial charge in [0.1, 0.15) is 0 Å². The Balaban J connectivity index is 2.51. The first-order valence-corrected chi connectivity index (χ1v) is 4.96. The molecule has 0 N–H and O–H groups in total. The number of pyridine rings is 1. The lowest BCUT2D eigenvalue weighted by atomic mass is 10.3. The van der Waals surface area contributed by atoms with E-state index in [1.807, 2.05) is 12.1 Å². The van der Waals surface area contributed by atoms with Gasteiger partial charge in [0.15, 0.2) is 0 Å². The molecule has 0 aliphatic heterocycles. The largest absolute Gasteiger partial charge is 0.281 e. The Morgan fingerprint density at radius 1 is 1.17 bits per heavy atom. The van der Waals surface area contributed by atoms with E-state index in [4.69, 9.17) is 0 Å². The Kier molecular flexibility index (Phi) is 4.50. The summed E-state index contributed by atoms with van der Waals surface area (Å²) in [5, 5.41) is 0. The van der Waals surface area contributed by atoms with Crippen LogP contribution in [0.4, 0.5) is 0 Å². The second kappa shape index (κ2) is 5.45. The summed E-state index contributed by atoms with van der Waals surface area (Å²) in [7, 11) is 0. The molecule has 0 radical (unpaired) electrons. The molecule has 0 fully saturated rings. The van der Waals surface area contributed by atoms with Crippen molar-refractivity contribution in [3.05, 3.63) is 30.1 Å². The molecule has 1 heterocycles. The van der Waals surface area contributed by atoms with Crippen LogP contribution in [0, 0.1) is 0 Å². The molecule has 2 nitrogen and oxygen atoms in total. The molecule has 0 atom stereocenters. The van der Waals surface area contributed by atoms with Gasteiger partial charge < -0.3 is 0 Å². The van der Waals surface area contributed by atoms with E-state index in [9.17, 15) is 0 Å². The summed E-state index contributed by atoms with van der Waals surface area (Å²) in [6.07, 6.45) is 3.59. The first kappa shape index (κ1) is 9.89. The quantitative estimate of drug-likeness (QED) is 0.568. The number of aromatic nitrogens is 1. The number of nitrogens with zero attached hydrogens (tertiary/aromatic N) is 2. The fraction of sp³-hybridized carbons (Fsp3) is 0.375. The molecular formula is C8H12N2S2. The van der Waals surface area contributed by atoms with E-state index in [-0.39, 0.29) is 0 Å². The average molecular weight is 200 g/mol. The van der Waals surface area contributed by atoms with Crippen molar-refractivity contribution in [2.75, 3.05) is 11.8 Å². The first-order chi connectivity index (χ1) is 5.86. The molecule has 66 valence electrons. The number of hydrogen-bond acceptors (Lipinski definition) is 4. The van der Waals surface area contributed by atoms with E-state index in [2.05, 4.69) is 35.1 Å². The summed E-state index contributed by atoms with van der Waals surface area (Å²) < 4.78 is 0. The summed E-state index contributed by atoms with van der Waals surface area (Å²) in [6.45, 7) is 0.884. The van der Waals surface area contributed by atoms with Crippen LogP contribution in [0.5, 0.6) is 0 Å². The predicted octanol–water partition coefficient (Wildman–Crippen LogP) is 1.66. The summed E-state index contributed by atoms with van der Waals surface area (Å²) >= 11 is 8.37. The number of thiol groups is 2. The van der Waals surface area contributed by atoms with Crippen LogP contribution in [0.25, 0.3) is 0 Å². The van der Waals surface area contributed by atoms with Crippen molar-refractivity contribution in [2.45, 2.75) is 6.54 Å². The summed E-state index contributed by atoms with van der Waals surface area (Å²) in [5.74, 6) is 1.46. The molecule has 0 bridgehead atoms. The Labute approximate surface area is 83.8 Å². The zero-order chi connectivity index (χ0) is 8.81. The third-order valence-electron chi connectivity index (χ3n) is 1.56. The summed E-state index contributed by atoms with van der Waals surface area (Å²) in [4.78, 5) is 6.06. The van der Waals surface area contributed by atoms with Crippen LogP contribution in [0.3, 0.4) is 0 Å². The molecule has 0 spiro atoms. The van der Waals surface area contributed by atoms with E-state index in [1.54, 1.807) is 12.4 Å². The van der Waals surface area contributed by atoms with E-state index < -0.39 is 0 Å². The van der Waals surface area contributed by atoms with Gasteiger partial charge in [-0.2, -0.15) is 25.3 Å². The Hall–Kier alpha value is -0.190. The normalized spacial score (nSPS) is 10.6. The van der Waals surface area contributed by atoms with Crippen molar-refractivity contribution < 1.29 is 0 Å². The van der Waals surface area contributed by atoms with E-state index in [1.165, 1.54) is 5.56 Å². The molecule has 0 aliphatic rings. The molecule has 0 unspecified atom stereocenters. The van der Waals surface area contributed by atoms with Gasteiger partial charge in [0.2, 0.25) is 0 Å². The molecule has 12 heavy (non-hydrogen) atoms. The third kappa shape index (κ3) is 3.05. The second-order valence-electron chi connectivity index (χ2n) is 2.47. The maximum absolute atomic E-state index is 4.19. The molecule has 0 saturated carbocycles. The molecule has 0 amide bonds. The lowest BCUT2D eigenvalue weighted by Crippen LogP contribution is -2.19. The number of hydrogen-bond donors (Lipinski definition) is 2. The highest BCUT2D eigenvalue weighted by molar-refractivity contribution is 7.81. The van der Waals surface area contributed by atoms with Gasteiger partial charge >= 0.3 is 0 Å². The molecule has 0 saturated heterocycles. The van der Waals surface area contributed by atoms with E-state index in [0.29, 0.717) is 0 Å². The van der Waals surface area contributed by atoms with Crippen LogP contribution in [0.15, 0.2) is 24.5 Å². The van der Waals surface area contributed by atoms with Crippen LogP contribution in [0.1, 0.15) is 5.56 Å². The van der Waals surface area contributed by atoms with Gasteiger partial charge in [-0.1, -0.05) is 0 Å². The lowest BCUT2D eigenvalue weighted by Gasteiger charge is -2.16. The smallest absolute Gasteiger partial charge is 0.0425 e. The van der Waals surface area contributed by atoms with Gasteiger partial charge in [0.25, 0.3) is 0 Å². The van der Waals surface area contributed by atoms with Crippen LogP contribution in [0.2, 0.25) is 0 Å². The highest BCUT2D eigenvalue weighted by Crippen LogP contribution is 2.04. The number of rotatable bonds is 4. The van der Waals surface area contributed by atoms with E-state index >= 15 is 0 Å². The minimum absolute atomic E-state index is 0.728. The van der Waals surface area contributed by atoms with Gasteiger partial charge in [-0.3, -0.25) is 9.88 Å². The molecule has 0 aromatic carbocycles. The Bertz CT molecular complexity index is 212. The standard InChI is InChI=1S/C8H12N2S2/c11-6-10(7-12)5-8-1-3-9-4-2-8/h1-4,11-12H,5-7H2. The SMILES string of the molecule is SCN(CS)Cc1ccncc1. The van der Waals surface area contributed by atoms with Gasteiger partial charge in [-0.15, -0.1) is 0 Å². The Morgan fingerprint density at radius 3 is 2.25 bits per heavy atom. The van der Waals surface area contributed by atoms with Crippen molar-refractivity contribution in [2.24, 2.45) is 0 Å². The van der Waals surface area contributed by atoms with Gasteiger partial charge in [-0.25, -0.2) is 0 Å². The van der Waals surface area contributed by atoms with Crippen molar-refractivity contribution in [1.29, 1.82) is 0 Å². The maximum Gasteiger partial charge on any atom is 0.0425 e. The average Bonchev–Trinajstić information content (AvgIpc) is 2.16. The van der Waals surface area contributed by atoms with Crippen LogP contribution >= 0.6 is 25.3 Å². The predicted molar refractivity (Wildman–Crippen MR) is 57.5 cm³/mol. The lowest BCUT2D eigenvalue weighted by molar-refractivity contribution is 0.373. The van der Waals surface area contributed by atoms with Crippen molar-refractivity contribution >= 4 is 25.3 Å². The zero-order valence-electron chi connectivity index (χ0n) is 6.72. The monoisotopic (exact) mass is 200 g/mol. The summed E-state index contributed by atoms with van der Waals surface area (Å²) in [6, 6.07) is 4.00. The topological polar surface area (TPSA) is 16.1 Å². The Morgan fingerprint density at radius 2 is 1.75 bits per heavy atom. The molecule has 4 heteroatoms. The zero-order valence-corrected chi connectivity index (χ0v) is 8.51. The molecular weight excluding hydrogens is 188 g/mol. The van der Waals surface area contributed by atoms with Crippen molar-refractivity contribution in [3.63, 3.8) is 0 Å². The molecule has 1 rings (SSSR count). The highest BCUT2D eigenvalue weighted by atomic mass is 32.1. The minimum atomic E-state index is 0.728. The van der Waals surface area contributed by atoms with Crippen molar-refractivity contribution in [3.8, 4) is 0 Å². The molecule has 1 aromatic rings. The van der Waals surface area contributed by atoms with E-state index in [0.717, 1.165) is 18.3 Å². The fourth-order valence-electron chi connectivity index (χ4n) is 0.891. The van der Waals surface area contributed by atoms with Gasteiger partial charge in [0.05, 0.1) is 0 Å². The van der Waals surface area contributed by atoms with Crippen LogP contribution in [-0.4, -0.2) is 21.6 Å². The van der Waals surface area contributed by atoms with Crippen molar-refractivity contribution in [1.82, 2.24) is 9.88 Å². The van der Waals surface area contributed by atoms with Crippen LogP contribution < -0.4 is 0 Å². The highest BCUT2D eigenvalue weighted by Gasteiger charge is 1.99. The van der Waals surface area contributed by atoms with Gasteiger partial charge in [0, 0.05) is 30.7 Å². The maximum atomic E-state index is 4.19. The fourth-order valence-corrected chi connectivity index (χ4v) is 1.45. The minimum Gasteiger partial charge on any atom is -0.281 e. The second-order valence-corrected chi connectivity index (χ2v) is 3.03. The molecule has 0 aliphatic carbocycles. The first-order valence-electron chi connectivity index (χ1n) is 3.70.